The first kappa shape index (κ1) is 13.7. The first-order valence-corrected chi connectivity index (χ1v) is 7.50. The highest BCUT2D eigenvalue weighted by atomic mass is 16.2. The van der Waals surface area contributed by atoms with Crippen LogP contribution in [0.4, 0.5) is 5.69 Å². The molecule has 21 heavy (non-hydrogen) atoms. The molecule has 4 heteroatoms. The third-order valence-corrected chi connectivity index (χ3v) is 4.12. The first-order valence-electron chi connectivity index (χ1n) is 7.50. The van der Waals surface area contributed by atoms with Crippen LogP contribution in [0.3, 0.4) is 0 Å². The van der Waals surface area contributed by atoms with Gasteiger partial charge < -0.3 is 15.2 Å². The SMILES string of the molecule is CCn1cc(N)cc1C(=O)N1CCCc2ccccc2C1. The topological polar surface area (TPSA) is 51.3 Å². The Morgan fingerprint density at radius 3 is 2.81 bits per heavy atom. The monoisotopic (exact) mass is 283 g/mol. The molecule has 0 atom stereocenters. The van der Waals surface area contributed by atoms with Gasteiger partial charge in [-0.2, -0.15) is 0 Å². The van der Waals surface area contributed by atoms with E-state index in [0.29, 0.717) is 17.9 Å². The molecule has 1 amide bonds. The normalized spacial score (nSPS) is 14.6. The molecule has 1 aliphatic rings. The van der Waals surface area contributed by atoms with Crippen molar-refractivity contribution < 1.29 is 4.79 Å². The summed E-state index contributed by atoms with van der Waals surface area (Å²) in [6, 6.07) is 10.2. The maximum atomic E-state index is 12.8. The molecule has 0 bridgehead atoms. The van der Waals surface area contributed by atoms with Crippen molar-refractivity contribution in [2.45, 2.75) is 32.9 Å². The van der Waals surface area contributed by atoms with E-state index in [4.69, 9.17) is 5.73 Å². The predicted octanol–water partition coefficient (Wildman–Crippen LogP) is 2.68. The Kier molecular flexibility index (Phi) is 3.69. The second-order valence-electron chi connectivity index (χ2n) is 5.54. The number of nitrogens with zero attached hydrogens (tertiary/aromatic N) is 2. The molecule has 0 radical (unpaired) electrons. The van der Waals surface area contributed by atoms with Gasteiger partial charge in [-0.1, -0.05) is 24.3 Å². The number of hydrogen-bond donors (Lipinski definition) is 1. The molecule has 0 unspecified atom stereocenters. The lowest BCUT2D eigenvalue weighted by atomic mass is 10.0. The van der Waals surface area contributed by atoms with E-state index < -0.39 is 0 Å². The highest BCUT2D eigenvalue weighted by molar-refractivity contribution is 5.93. The van der Waals surface area contributed by atoms with Crippen molar-refractivity contribution in [2.75, 3.05) is 12.3 Å². The largest absolute Gasteiger partial charge is 0.397 e. The van der Waals surface area contributed by atoms with Gasteiger partial charge in [0.05, 0.1) is 5.69 Å². The summed E-state index contributed by atoms with van der Waals surface area (Å²) in [6.07, 6.45) is 3.88. The molecule has 0 spiro atoms. The van der Waals surface area contributed by atoms with Gasteiger partial charge in [-0.15, -0.1) is 0 Å². The second kappa shape index (κ2) is 5.64. The fourth-order valence-electron chi connectivity index (χ4n) is 3.01. The first-order chi connectivity index (χ1) is 10.2. The minimum absolute atomic E-state index is 0.0743. The van der Waals surface area contributed by atoms with Gasteiger partial charge >= 0.3 is 0 Å². The van der Waals surface area contributed by atoms with E-state index in [1.807, 2.05) is 28.7 Å². The van der Waals surface area contributed by atoms with E-state index in [1.54, 1.807) is 6.07 Å². The number of fused-ring (bicyclic) bond motifs is 1. The number of aryl methyl sites for hydroxylation is 2. The van der Waals surface area contributed by atoms with Crippen LogP contribution < -0.4 is 5.73 Å². The van der Waals surface area contributed by atoms with Gasteiger partial charge in [-0.25, -0.2) is 0 Å². The average Bonchev–Trinajstić information content (AvgIpc) is 2.74. The molecule has 0 aliphatic carbocycles. The van der Waals surface area contributed by atoms with E-state index in [1.165, 1.54) is 11.1 Å². The Balaban J connectivity index is 1.88. The minimum Gasteiger partial charge on any atom is -0.397 e. The Morgan fingerprint density at radius 1 is 1.29 bits per heavy atom. The summed E-state index contributed by atoms with van der Waals surface area (Å²) in [5.41, 5.74) is 9.79. The Bertz CT molecular complexity index is 660. The maximum Gasteiger partial charge on any atom is 0.270 e. The van der Waals surface area contributed by atoms with Crippen molar-refractivity contribution in [3.63, 3.8) is 0 Å². The zero-order valence-corrected chi connectivity index (χ0v) is 12.4. The molecule has 1 aliphatic heterocycles. The summed E-state index contributed by atoms with van der Waals surface area (Å²) >= 11 is 0. The summed E-state index contributed by atoms with van der Waals surface area (Å²) < 4.78 is 1.93. The molecule has 1 aromatic heterocycles. The molecule has 2 aromatic rings. The van der Waals surface area contributed by atoms with Crippen LogP contribution in [0.1, 0.15) is 35.0 Å². The number of carbonyl (C=O) groups excluding carboxylic acids is 1. The summed E-state index contributed by atoms with van der Waals surface area (Å²) in [7, 11) is 0. The minimum atomic E-state index is 0.0743. The van der Waals surface area contributed by atoms with Gasteiger partial charge in [0, 0.05) is 25.8 Å². The van der Waals surface area contributed by atoms with Gasteiger partial charge in [0.25, 0.3) is 5.91 Å². The zero-order valence-electron chi connectivity index (χ0n) is 12.4. The Hall–Kier alpha value is -2.23. The molecule has 0 saturated heterocycles. The van der Waals surface area contributed by atoms with E-state index >= 15 is 0 Å². The Labute approximate surface area is 125 Å². The number of benzene rings is 1. The fourth-order valence-corrected chi connectivity index (χ4v) is 3.01. The molecule has 1 aromatic carbocycles. The Morgan fingerprint density at radius 2 is 2.05 bits per heavy atom. The van der Waals surface area contributed by atoms with Crippen molar-refractivity contribution in [1.29, 1.82) is 0 Å². The highest BCUT2D eigenvalue weighted by Gasteiger charge is 2.22. The van der Waals surface area contributed by atoms with Crippen molar-refractivity contribution >= 4 is 11.6 Å². The number of rotatable bonds is 2. The lowest BCUT2D eigenvalue weighted by molar-refractivity contribution is 0.0735. The highest BCUT2D eigenvalue weighted by Crippen LogP contribution is 2.21. The summed E-state index contributed by atoms with van der Waals surface area (Å²) in [5, 5.41) is 0. The third kappa shape index (κ3) is 2.66. The molecule has 2 N–H and O–H groups in total. The summed E-state index contributed by atoms with van der Waals surface area (Å²) in [4.78, 5) is 14.7. The average molecular weight is 283 g/mol. The number of nitrogens with two attached hydrogens (primary N) is 1. The lowest BCUT2D eigenvalue weighted by Crippen LogP contribution is -2.32. The van der Waals surface area contributed by atoms with E-state index in [2.05, 4.69) is 18.2 Å². The quantitative estimate of drug-likeness (QED) is 0.921. The van der Waals surface area contributed by atoms with E-state index in [9.17, 15) is 4.79 Å². The number of anilines is 1. The number of hydrogen-bond acceptors (Lipinski definition) is 2. The smallest absolute Gasteiger partial charge is 0.270 e. The maximum absolute atomic E-state index is 12.8. The van der Waals surface area contributed by atoms with Gasteiger partial charge in [0.1, 0.15) is 5.69 Å². The third-order valence-electron chi connectivity index (χ3n) is 4.12. The fraction of sp³-hybridized carbons (Fsp3) is 0.353. The van der Waals surface area contributed by atoms with Crippen LogP contribution in [0.5, 0.6) is 0 Å². The molecular weight excluding hydrogens is 262 g/mol. The van der Waals surface area contributed by atoms with Crippen LogP contribution in [0.25, 0.3) is 0 Å². The molecule has 110 valence electrons. The van der Waals surface area contributed by atoms with Gasteiger partial charge in [-0.05, 0) is 37.0 Å². The zero-order chi connectivity index (χ0) is 14.8. The second-order valence-corrected chi connectivity index (χ2v) is 5.54. The number of nitrogen functional groups attached to an aromatic ring is 1. The van der Waals surface area contributed by atoms with Gasteiger partial charge in [0.15, 0.2) is 0 Å². The van der Waals surface area contributed by atoms with E-state index in [0.717, 1.165) is 25.9 Å². The van der Waals surface area contributed by atoms with Crippen LogP contribution in [-0.4, -0.2) is 21.9 Å². The molecule has 2 heterocycles. The lowest BCUT2D eigenvalue weighted by Gasteiger charge is -2.21. The number of carbonyl (C=O) groups is 1. The summed E-state index contributed by atoms with van der Waals surface area (Å²) in [5.74, 6) is 0.0743. The molecule has 3 rings (SSSR count). The van der Waals surface area contributed by atoms with Crippen LogP contribution in [0.15, 0.2) is 36.5 Å². The summed E-state index contributed by atoms with van der Waals surface area (Å²) in [6.45, 7) is 4.25. The van der Waals surface area contributed by atoms with Crippen LogP contribution in [-0.2, 0) is 19.5 Å². The van der Waals surface area contributed by atoms with Crippen molar-refractivity contribution in [1.82, 2.24) is 9.47 Å². The molecule has 0 fully saturated rings. The van der Waals surface area contributed by atoms with Crippen molar-refractivity contribution in [3.05, 3.63) is 53.3 Å². The van der Waals surface area contributed by atoms with Crippen molar-refractivity contribution in [3.8, 4) is 0 Å². The van der Waals surface area contributed by atoms with Crippen LogP contribution in [0.2, 0.25) is 0 Å². The van der Waals surface area contributed by atoms with Crippen molar-refractivity contribution in [2.24, 2.45) is 0 Å². The molecular formula is C17H21N3O. The standard InChI is InChI=1S/C17H21N3O/c1-2-19-12-15(18)10-16(19)17(21)20-9-5-8-13-6-3-4-7-14(13)11-20/h3-4,6-7,10,12H,2,5,8-9,11,18H2,1H3. The van der Waals surface area contributed by atoms with Gasteiger partial charge in [0.2, 0.25) is 0 Å². The van der Waals surface area contributed by atoms with Crippen LogP contribution >= 0.6 is 0 Å². The number of aromatic nitrogens is 1. The number of amides is 1. The predicted molar refractivity (Wildman–Crippen MR) is 84.0 cm³/mol. The molecule has 0 saturated carbocycles. The molecule has 4 nitrogen and oxygen atoms in total. The van der Waals surface area contributed by atoms with E-state index in [-0.39, 0.29) is 5.91 Å². The van der Waals surface area contributed by atoms with Crippen LogP contribution in [0, 0.1) is 0 Å². The van der Waals surface area contributed by atoms with Gasteiger partial charge in [-0.3, -0.25) is 4.79 Å².